The van der Waals surface area contributed by atoms with Gasteiger partial charge in [0.25, 0.3) is 5.91 Å². The Morgan fingerprint density at radius 3 is 2.24 bits per heavy atom. The number of urea groups is 1. The van der Waals surface area contributed by atoms with Gasteiger partial charge >= 0.3 is 18.1 Å². The molecule has 4 amide bonds. The lowest BCUT2D eigenvalue weighted by molar-refractivity contribution is -0.155. The van der Waals surface area contributed by atoms with Crippen LogP contribution in [0.3, 0.4) is 0 Å². The summed E-state index contributed by atoms with van der Waals surface area (Å²) >= 11 is 0. The van der Waals surface area contributed by atoms with Gasteiger partial charge in [-0.3, -0.25) is 9.59 Å². The summed E-state index contributed by atoms with van der Waals surface area (Å²) in [5, 5.41) is 6.09. The third-order valence-electron chi connectivity index (χ3n) is 4.18. The summed E-state index contributed by atoms with van der Waals surface area (Å²) in [6.07, 6.45) is -0.795. The highest BCUT2D eigenvalue weighted by Crippen LogP contribution is 2.24. The molecule has 0 bridgehead atoms. The maximum atomic E-state index is 13.0. The molecule has 0 aliphatic carbocycles. The van der Waals surface area contributed by atoms with E-state index < -0.39 is 35.8 Å². The van der Waals surface area contributed by atoms with E-state index in [9.17, 15) is 19.2 Å². The number of amides is 4. The molecule has 12 nitrogen and oxygen atoms in total. The van der Waals surface area contributed by atoms with Gasteiger partial charge in [-0.2, -0.15) is 5.10 Å². The van der Waals surface area contributed by atoms with Gasteiger partial charge < -0.3 is 30.2 Å². The quantitative estimate of drug-likeness (QED) is 0.271. The Hall–Kier alpha value is -2.89. The molecular formula is C21H37N5O7. The van der Waals surface area contributed by atoms with Crippen LogP contribution in [0.1, 0.15) is 54.4 Å². The first-order chi connectivity index (χ1) is 15.2. The molecule has 4 N–H and O–H groups in total. The molecule has 33 heavy (non-hydrogen) atoms. The van der Waals surface area contributed by atoms with Gasteiger partial charge in [0.15, 0.2) is 6.10 Å². The standard InChI is InChI=1S/C21H37N5O7/c1-20(2,3)12-15(17(28)26-7-9-31-10-8-26)32-19(30)24-14(13-23-25-18(22)29)11-16(27)33-21(4,5)6/h13-15H,7-12H2,1-6H3,(H,24,30)(H3,22,25,29)/t14-,15-/m0/s1. The highest BCUT2D eigenvalue weighted by molar-refractivity contribution is 5.85. The smallest absolute Gasteiger partial charge is 0.408 e. The Bertz CT molecular complexity index is 721. The molecule has 12 heteroatoms. The molecule has 1 aliphatic rings. The van der Waals surface area contributed by atoms with Gasteiger partial charge in [-0.15, -0.1) is 0 Å². The summed E-state index contributed by atoms with van der Waals surface area (Å²) in [6.45, 7) is 12.6. The topological polar surface area (TPSA) is 162 Å². The number of alkyl carbamates (subject to hydrolysis) is 1. The molecule has 1 saturated heterocycles. The normalized spacial score (nSPS) is 16.6. The maximum Gasteiger partial charge on any atom is 0.408 e. The number of primary amides is 1. The summed E-state index contributed by atoms with van der Waals surface area (Å²) in [4.78, 5) is 50.3. The SMILES string of the molecule is CC(C)(C)C[C@H](OC(=O)N[C@H](C=NNC(N)=O)CC(=O)OC(C)(C)C)C(=O)N1CCOCC1. The Kier molecular flexibility index (Phi) is 10.6. The minimum absolute atomic E-state index is 0.280. The number of carbonyl (C=O) groups excluding carboxylic acids is 4. The molecular weight excluding hydrogens is 434 g/mol. The van der Waals surface area contributed by atoms with Crippen LogP contribution < -0.4 is 16.5 Å². The number of rotatable bonds is 8. The van der Waals surface area contributed by atoms with E-state index in [-0.39, 0.29) is 17.7 Å². The van der Waals surface area contributed by atoms with Gasteiger partial charge in [-0.1, -0.05) is 20.8 Å². The highest BCUT2D eigenvalue weighted by atomic mass is 16.6. The van der Waals surface area contributed by atoms with Crippen LogP contribution in [0.5, 0.6) is 0 Å². The molecule has 0 spiro atoms. The van der Waals surface area contributed by atoms with Crippen molar-refractivity contribution in [1.29, 1.82) is 0 Å². The van der Waals surface area contributed by atoms with Gasteiger partial charge in [0, 0.05) is 19.3 Å². The number of nitrogens with two attached hydrogens (primary N) is 1. The van der Waals surface area contributed by atoms with Crippen LogP contribution in [-0.2, 0) is 23.8 Å². The molecule has 0 unspecified atom stereocenters. The maximum absolute atomic E-state index is 13.0. The molecule has 0 aromatic rings. The third kappa shape index (κ3) is 12.7. The molecule has 1 rings (SSSR count). The van der Waals surface area contributed by atoms with Gasteiger partial charge in [-0.05, 0) is 32.6 Å². The van der Waals surface area contributed by atoms with Gasteiger partial charge in [0.05, 0.1) is 25.7 Å². The number of hydrogen-bond donors (Lipinski definition) is 3. The molecule has 1 aliphatic heterocycles. The summed E-state index contributed by atoms with van der Waals surface area (Å²) in [7, 11) is 0. The van der Waals surface area contributed by atoms with E-state index in [2.05, 4.69) is 10.4 Å². The predicted molar refractivity (Wildman–Crippen MR) is 120 cm³/mol. The lowest BCUT2D eigenvalue weighted by Crippen LogP contribution is -2.49. The molecule has 0 radical (unpaired) electrons. The number of hydrazone groups is 1. The number of morpholine rings is 1. The molecule has 188 valence electrons. The minimum Gasteiger partial charge on any atom is -0.460 e. The van der Waals surface area contributed by atoms with Crippen molar-refractivity contribution in [3.8, 4) is 0 Å². The summed E-state index contributed by atoms with van der Waals surface area (Å²) in [5.74, 6) is -0.912. The minimum atomic E-state index is -1.02. The van der Waals surface area contributed by atoms with Crippen molar-refractivity contribution in [2.24, 2.45) is 16.3 Å². The van der Waals surface area contributed by atoms with Crippen LogP contribution in [0.2, 0.25) is 0 Å². The zero-order valence-corrected chi connectivity index (χ0v) is 20.3. The van der Waals surface area contributed by atoms with Crippen LogP contribution in [-0.4, -0.2) is 79.2 Å². The fraction of sp³-hybridized carbons (Fsp3) is 0.762. The van der Waals surface area contributed by atoms with Crippen molar-refractivity contribution in [2.75, 3.05) is 26.3 Å². The zero-order chi connectivity index (χ0) is 25.2. The Morgan fingerprint density at radius 2 is 1.73 bits per heavy atom. The largest absolute Gasteiger partial charge is 0.460 e. The second-order valence-corrected chi connectivity index (χ2v) is 9.89. The fourth-order valence-corrected chi connectivity index (χ4v) is 2.93. The number of esters is 1. The average Bonchev–Trinajstić information content (AvgIpc) is 2.64. The number of ether oxygens (including phenoxy) is 3. The van der Waals surface area contributed by atoms with E-state index in [1.165, 1.54) is 0 Å². The number of hydrogen-bond acceptors (Lipinski definition) is 8. The van der Waals surface area contributed by atoms with Crippen LogP contribution in [0, 0.1) is 5.41 Å². The van der Waals surface area contributed by atoms with E-state index in [1.54, 1.807) is 25.7 Å². The van der Waals surface area contributed by atoms with Crippen LogP contribution in [0.4, 0.5) is 9.59 Å². The first-order valence-corrected chi connectivity index (χ1v) is 10.8. The number of nitrogens with zero attached hydrogens (tertiary/aromatic N) is 2. The summed E-state index contributed by atoms with van der Waals surface area (Å²) in [6, 6.07) is -1.89. The second kappa shape index (κ2) is 12.4. The lowest BCUT2D eigenvalue weighted by atomic mass is 9.88. The molecule has 0 saturated carbocycles. The number of carbonyl (C=O) groups is 4. The highest BCUT2D eigenvalue weighted by Gasteiger charge is 2.33. The molecule has 0 aromatic carbocycles. The van der Waals surface area contributed by atoms with Crippen molar-refractivity contribution in [3.05, 3.63) is 0 Å². The van der Waals surface area contributed by atoms with Gasteiger partial charge in [0.1, 0.15) is 5.60 Å². The average molecular weight is 472 g/mol. The van der Waals surface area contributed by atoms with Crippen molar-refractivity contribution in [3.63, 3.8) is 0 Å². The molecule has 0 aromatic heterocycles. The van der Waals surface area contributed by atoms with E-state index in [1.807, 2.05) is 26.2 Å². The summed E-state index contributed by atoms with van der Waals surface area (Å²) < 4.78 is 16.0. The van der Waals surface area contributed by atoms with E-state index >= 15 is 0 Å². The fourth-order valence-electron chi connectivity index (χ4n) is 2.93. The second-order valence-electron chi connectivity index (χ2n) is 9.89. The zero-order valence-electron chi connectivity index (χ0n) is 20.3. The van der Waals surface area contributed by atoms with Crippen LogP contribution in [0.25, 0.3) is 0 Å². The van der Waals surface area contributed by atoms with Crippen LogP contribution >= 0.6 is 0 Å². The molecule has 1 heterocycles. The predicted octanol–water partition coefficient (Wildman–Crippen LogP) is 1.13. The summed E-state index contributed by atoms with van der Waals surface area (Å²) in [5.41, 5.74) is 5.95. The van der Waals surface area contributed by atoms with Crippen molar-refractivity contribution in [1.82, 2.24) is 15.6 Å². The Balaban J connectivity index is 2.90. The first-order valence-electron chi connectivity index (χ1n) is 10.8. The lowest BCUT2D eigenvalue weighted by Gasteiger charge is -2.32. The van der Waals surface area contributed by atoms with Crippen molar-refractivity contribution in [2.45, 2.75) is 72.1 Å². The van der Waals surface area contributed by atoms with Gasteiger partial charge in [0.2, 0.25) is 0 Å². The van der Waals surface area contributed by atoms with Crippen LogP contribution in [0.15, 0.2) is 5.10 Å². The first kappa shape index (κ1) is 28.1. The van der Waals surface area contributed by atoms with E-state index in [0.717, 1.165) is 6.21 Å². The number of nitrogens with one attached hydrogen (secondary N) is 2. The Morgan fingerprint density at radius 1 is 1.12 bits per heavy atom. The van der Waals surface area contributed by atoms with E-state index in [4.69, 9.17) is 19.9 Å². The van der Waals surface area contributed by atoms with Crippen molar-refractivity contribution < 1.29 is 33.4 Å². The third-order valence-corrected chi connectivity index (χ3v) is 4.18. The monoisotopic (exact) mass is 471 g/mol. The van der Waals surface area contributed by atoms with Crippen molar-refractivity contribution >= 4 is 30.2 Å². The Labute approximate surface area is 194 Å². The molecule has 1 fully saturated rings. The van der Waals surface area contributed by atoms with E-state index in [0.29, 0.717) is 32.7 Å². The van der Waals surface area contributed by atoms with Gasteiger partial charge in [-0.25, -0.2) is 15.0 Å². The molecule has 2 atom stereocenters.